The van der Waals surface area contributed by atoms with Crippen molar-refractivity contribution in [1.29, 1.82) is 5.26 Å². The maximum Gasteiger partial charge on any atom is 0.346 e. The van der Waals surface area contributed by atoms with Crippen LogP contribution in [0.2, 0.25) is 0 Å². The number of hydrogen-bond acceptors (Lipinski definition) is 4. The average molecular weight is 536 g/mol. The molecule has 0 amide bonds. The molecular weight excluding hydrogens is 507 g/mol. The van der Waals surface area contributed by atoms with Crippen LogP contribution < -0.4 is 0 Å². The van der Waals surface area contributed by atoms with E-state index in [1.54, 1.807) is 29.6 Å². The Labute approximate surface area is 233 Å². The highest BCUT2D eigenvalue weighted by molar-refractivity contribution is 8.13. The number of carboxylic acids is 1. The molecule has 3 aromatic carbocycles. The van der Waals surface area contributed by atoms with E-state index < -0.39 is 5.97 Å². The summed E-state index contributed by atoms with van der Waals surface area (Å²) < 4.78 is 0. The number of carbonyl (C=O) groups is 1. The highest BCUT2D eigenvalue weighted by atomic mass is 32.2. The molecular formula is C33H29NO2S2. The van der Waals surface area contributed by atoms with Crippen molar-refractivity contribution in [2.24, 2.45) is 0 Å². The summed E-state index contributed by atoms with van der Waals surface area (Å²) in [6.45, 7) is 4.08. The lowest BCUT2D eigenvalue weighted by atomic mass is 9.95. The first-order valence-corrected chi connectivity index (χ1v) is 14.2. The first-order valence-electron chi connectivity index (χ1n) is 12.5. The maximum atomic E-state index is 11.2. The van der Waals surface area contributed by atoms with Gasteiger partial charge in [-0.2, -0.15) is 5.26 Å². The van der Waals surface area contributed by atoms with E-state index in [2.05, 4.69) is 91.9 Å². The second kappa shape index (κ2) is 13.2. The molecule has 0 spiro atoms. The number of nitriles is 1. The number of carboxylic acid groups (broad SMARTS) is 1. The van der Waals surface area contributed by atoms with E-state index in [9.17, 15) is 4.79 Å². The number of rotatable bonds is 9. The smallest absolute Gasteiger partial charge is 0.346 e. The zero-order valence-electron chi connectivity index (χ0n) is 21.4. The standard InChI is InChI=1S/C33H29NO2S2/c1-3-30-32(37-23(2)20-28(22-34)33(35)36)19-18-31(38-30)27-16-14-24(15-17-27)21-29(25-10-6-4-7-11-25)26-12-8-5-9-13-26/h4-18,20-21,23H,3,19H2,1-2H3,(H,35,36)/b28-20+. The normalized spacial score (nSPS) is 14.3. The van der Waals surface area contributed by atoms with Gasteiger partial charge in [0.15, 0.2) is 0 Å². The van der Waals surface area contributed by atoms with Crippen LogP contribution in [0.5, 0.6) is 0 Å². The molecule has 3 aromatic rings. The van der Waals surface area contributed by atoms with Gasteiger partial charge >= 0.3 is 5.97 Å². The van der Waals surface area contributed by atoms with Crippen molar-refractivity contribution in [3.8, 4) is 6.07 Å². The second-order valence-electron chi connectivity index (χ2n) is 8.81. The monoisotopic (exact) mass is 535 g/mol. The van der Waals surface area contributed by atoms with E-state index in [0.717, 1.165) is 18.4 Å². The number of thioether (sulfide) groups is 2. The molecule has 3 nitrogen and oxygen atoms in total. The van der Waals surface area contributed by atoms with Crippen molar-refractivity contribution < 1.29 is 9.90 Å². The van der Waals surface area contributed by atoms with Crippen LogP contribution in [0.1, 0.15) is 48.9 Å². The summed E-state index contributed by atoms with van der Waals surface area (Å²) in [7, 11) is 0. The fraction of sp³-hybridized carbons (Fsp3) is 0.152. The predicted octanol–water partition coefficient (Wildman–Crippen LogP) is 9.03. The van der Waals surface area contributed by atoms with Crippen molar-refractivity contribution in [1.82, 2.24) is 0 Å². The Bertz CT molecular complexity index is 1400. The molecule has 1 aliphatic rings. The van der Waals surface area contributed by atoms with E-state index in [1.807, 2.05) is 19.1 Å². The summed E-state index contributed by atoms with van der Waals surface area (Å²) in [6, 6.07) is 31.4. The Morgan fingerprint density at radius 2 is 1.63 bits per heavy atom. The molecule has 1 unspecified atom stereocenters. The number of benzene rings is 3. The summed E-state index contributed by atoms with van der Waals surface area (Å²) in [5.74, 6) is -1.18. The highest BCUT2D eigenvalue weighted by Crippen LogP contribution is 2.46. The van der Waals surface area contributed by atoms with E-state index in [0.29, 0.717) is 0 Å². The summed E-state index contributed by atoms with van der Waals surface area (Å²) >= 11 is 3.41. The largest absolute Gasteiger partial charge is 0.477 e. The van der Waals surface area contributed by atoms with Gasteiger partial charge in [0.1, 0.15) is 11.6 Å². The third-order valence-electron chi connectivity index (χ3n) is 6.09. The SMILES string of the molecule is CCC1=C(SC(C)/C=C(\C#N)C(=O)O)CC=C(c2ccc(C=C(c3ccccc3)c3ccccc3)cc2)S1. The van der Waals surface area contributed by atoms with Crippen LogP contribution in [0.4, 0.5) is 0 Å². The number of aliphatic carboxylic acids is 1. The topological polar surface area (TPSA) is 61.1 Å². The summed E-state index contributed by atoms with van der Waals surface area (Å²) in [6.07, 6.45) is 7.72. The number of hydrogen-bond donors (Lipinski definition) is 1. The van der Waals surface area contributed by atoms with Gasteiger partial charge in [0, 0.05) is 10.2 Å². The number of nitrogens with zero attached hydrogens (tertiary/aromatic N) is 1. The van der Waals surface area contributed by atoms with Crippen molar-refractivity contribution in [3.05, 3.63) is 135 Å². The summed E-state index contributed by atoms with van der Waals surface area (Å²) in [5, 5.41) is 18.1. The van der Waals surface area contributed by atoms with Crippen LogP contribution in [-0.2, 0) is 4.79 Å². The lowest BCUT2D eigenvalue weighted by molar-refractivity contribution is -0.132. The molecule has 1 heterocycles. The second-order valence-corrected chi connectivity index (χ2v) is 11.4. The lowest BCUT2D eigenvalue weighted by Crippen LogP contribution is -2.03. The highest BCUT2D eigenvalue weighted by Gasteiger charge is 2.18. The zero-order chi connectivity index (χ0) is 26.9. The van der Waals surface area contributed by atoms with Crippen molar-refractivity contribution in [2.45, 2.75) is 31.9 Å². The molecule has 4 rings (SSSR count). The molecule has 0 aromatic heterocycles. The van der Waals surface area contributed by atoms with Crippen molar-refractivity contribution in [2.75, 3.05) is 0 Å². The van der Waals surface area contributed by atoms with E-state index in [4.69, 9.17) is 10.4 Å². The van der Waals surface area contributed by atoms with Gasteiger partial charge in [-0.1, -0.05) is 110 Å². The van der Waals surface area contributed by atoms with Crippen LogP contribution in [0.3, 0.4) is 0 Å². The van der Waals surface area contributed by atoms with Crippen LogP contribution in [-0.4, -0.2) is 16.3 Å². The minimum Gasteiger partial charge on any atom is -0.477 e. The maximum absolute atomic E-state index is 11.2. The molecule has 0 saturated heterocycles. The third-order valence-corrected chi connectivity index (χ3v) is 8.83. The van der Waals surface area contributed by atoms with Gasteiger partial charge < -0.3 is 5.11 Å². The Morgan fingerprint density at radius 3 is 2.16 bits per heavy atom. The molecule has 0 radical (unpaired) electrons. The number of allylic oxidation sites excluding steroid dienone is 3. The molecule has 38 heavy (non-hydrogen) atoms. The molecule has 0 aliphatic carbocycles. The van der Waals surface area contributed by atoms with Gasteiger partial charge in [-0.3, -0.25) is 0 Å². The van der Waals surface area contributed by atoms with E-state index in [-0.39, 0.29) is 10.8 Å². The third kappa shape index (κ3) is 6.98. The van der Waals surface area contributed by atoms with Gasteiger partial charge in [0.05, 0.1) is 0 Å². The van der Waals surface area contributed by atoms with Gasteiger partial charge in [0.2, 0.25) is 0 Å². The molecule has 0 fully saturated rings. The average Bonchev–Trinajstić information content (AvgIpc) is 2.96. The van der Waals surface area contributed by atoms with Crippen LogP contribution in [0.15, 0.2) is 112 Å². The molecule has 5 heteroatoms. The quantitative estimate of drug-likeness (QED) is 0.168. The van der Waals surface area contributed by atoms with Gasteiger partial charge in [-0.25, -0.2) is 4.79 Å². The first-order chi connectivity index (χ1) is 18.5. The molecule has 190 valence electrons. The fourth-order valence-electron chi connectivity index (χ4n) is 4.22. The molecule has 1 atom stereocenters. The Hall–Kier alpha value is -3.72. The minimum atomic E-state index is -1.18. The van der Waals surface area contributed by atoms with Crippen LogP contribution in [0, 0.1) is 11.3 Å². The molecule has 0 bridgehead atoms. The Morgan fingerprint density at radius 1 is 1.03 bits per heavy atom. The van der Waals surface area contributed by atoms with Crippen molar-refractivity contribution in [3.63, 3.8) is 0 Å². The van der Waals surface area contributed by atoms with Crippen LogP contribution >= 0.6 is 23.5 Å². The van der Waals surface area contributed by atoms with E-state index >= 15 is 0 Å². The lowest BCUT2D eigenvalue weighted by Gasteiger charge is -2.21. The molecule has 1 aliphatic heterocycles. The Balaban J connectivity index is 1.53. The first kappa shape index (κ1) is 27.3. The molecule has 1 N–H and O–H groups in total. The Kier molecular flexibility index (Phi) is 9.48. The van der Waals surface area contributed by atoms with Gasteiger partial charge in [0.25, 0.3) is 0 Å². The zero-order valence-corrected chi connectivity index (χ0v) is 23.1. The van der Waals surface area contributed by atoms with E-state index in [1.165, 1.54) is 43.1 Å². The van der Waals surface area contributed by atoms with Crippen molar-refractivity contribution >= 4 is 46.0 Å². The fourth-order valence-corrected chi connectivity index (χ4v) is 6.62. The summed E-state index contributed by atoms with van der Waals surface area (Å²) in [4.78, 5) is 14.9. The summed E-state index contributed by atoms with van der Waals surface area (Å²) in [5.41, 5.74) is 5.69. The molecule has 0 saturated carbocycles. The predicted molar refractivity (Wildman–Crippen MR) is 162 cm³/mol. The minimum absolute atomic E-state index is 0.0951. The van der Waals surface area contributed by atoms with Gasteiger partial charge in [-0.15, -0.1) is 11.8 Å². The van der Waals surface area contributed by atoms with Gasteiger partial charge in [-0.05, 0) is 69.6 Å². The van der Waals surface area contributed by atoms with Crippen LogP contribution in [0.25, 0.3) is 16.6 Å².